The fraction of sp³-hybridized carbons (Fsp3) is 0.462. The van der Waals surface area contributed by atoms with Crippen LogP contribution in [-0.4, -0.2) is 13.1 Å². The van der Waals surface area contributed by atoms with Crippen molar-refractivity contribution in [3.63, 3.8) is 0 Å². The van der Waals surface area contributed by atoms with Crippen molar-refractivity contribution >= 4 is 5.97 Å². The largest absolute Gasteiger partial charge is 0.469 e. The highest BCUT2D eigenvalue weighted by Gasteiger charge is 2.12. The van der Waals surface area contributed by atoms with E-state index in [0.717, 1.165) is 5.56 Å². The Morgan fingerprint density at radius 2 is 1.94 bits per heavy atom. The van der Waals surface area contributed by atoms with Crippen molar-refractivity contribution in [2.75, 3.05) is 7.11 Å². The van der Waals surface area contributed by atoms with Gasteiger partial charge in [-0.2, -0.15) is 0 Å². The molecule has 0 heterocycles. The number of ether oxygens (including phenoxy) is 1. The van der Waals surface area contributed by atoms with E-state index in [4.69, 9.17) is 5.73 Å². The van der Waals surface area contributed by atoms with Crippen LogP contribution in [0.1, 0.15) is 35.6 Å². The zero-order chi connectivity index (χ0) is 13.0. The average molecular weight is 239 g/mol. The lowest BCUT2D eigenvalue weighted by Crippen LogP contribution is -2.13. The molecule has 1 rings (SSSR count). The summed E-state index contributed by atoms with van der Waals surface area (Å²) in [7, 11) is 1.35. The summed E-state index contributed by atoms with van der Waals surface area (Å²) >= 11 is 0. The molecular formula is C13H18FNO2. The number of aryl methyl sites for hydroxylation is 2. The van der Waals surface area contributed by atoms with E-state index in [0.29, 0.717) is 17.5 Å². The van der Waals surface area contributed by atoms with Gasteiger partial charge in [0.15, 0.2) is 0 Å². The number of esters is 1. The third-order valence-corrected chi connectivity index (χ3v) is 2.77. The van der Waals surface area contributed by atoms with Gasteiger partial charge in [0.2, 0.25) is 0 Å². The summed E-state index contributed by atoms with van der Waals surface area (Å²) in [6, 6.07) is 3.18. The number of benzene rings is 1. The molecule has 0 amide bonds. The van der Waals surface area contributed by atoms with Gasteiger partial charge in [-0.15, -0.1) is 0 Å². The van der Waals surface area contributed by atoms with E-state index in [9.17, 15) is 9.18 Å². The van der Waals surface area contributed by atoms with Crippen LogP contribution >= 0.6 is 0 Å². The van der Waals surface area contributed by atoms with Crippen molar-refractivity contribution in [3.8, 4) is 0 Å². The van der Waals surface area contributed by atoms with Gasteiger partial charge in [-0.25, -0.2) is 4.39 Å². The standard InChI is InChI=1S/C13H18FNO2/c1-8-6-10(7-9(2)13(8)14)11(15)4-5-12(16)17-3/h6-7,11H,4-5,15H2,1-3H3. The topological polar surface area (TPSA) is 52.3 Å². The first-order valence-electron chi connectivity index (χ1n) is 5.54. The van der Waals surface area contributed by atoms with E-state index < -0.39 is 0 Å². The molecular weight excluding hydrogens is 221 g/mol. The fourth-order valence-corrected chi connectivity index (χ4v) is 1.74. The van der Waals surface area contributed by atoms with Gasteiger partial charge >= 0.3 is 5.97 Å². The zero-order valence-corrected chi connectivity index (χ0v) is 10.4. The van der Waals surface area contributed by atoms with Crippen molar-refractivity contribution in [3.05, 3.63) is 34.6 Å². The van der Waals surface area contributed by atoms with Gasteiger partial charge in [-0.1, -0.05) is 12.1 Å². The van der Waals surface area contributed by atoms with Crippen LogP contribution in [0.15, 0.2) is 12.1 Å². The van der Waals surface area contributed by atoms with Crippen molar-refractivity contribution in [2.24, 2.45) is 5.73 Å². The van der Waals surface area contributed by atoms with E-state index in [1.54, 1.807) is 26.0 Å². The Hall–Kier alpha value is -1.42. The number of hydrogen-bond donors (Lipinski definition) is 1. The minimum absolute atomic E-state index is 0.200. The Morgan fingerprint density at radius 1 is 1.41 bits per heavy atom. The summed E-state index contributed by atoms with van der Waals surface area (Å²) in [5.74, 6) is -0.482. The molecule has 0 aliphatic rings. The molecule has 4 heteroatoms. The van der Waals surface area contributed by atoms with E-state index >= 15 is 0 Å². The molecule has 1 aromatic rings. The van der Waals surface area contributed by atoms with Gasteiger partial charge in [0.1, 0.15) is 5.82 Å². The van der Waals surface area contributed by atoms with Crippen LogP contribution in [0.4, 0.5) is 4.39 Å². The first-order valence-corrected chi connectivity index (χ1v) is 5.54. The normalized spacial score (nSPS) is 12.3. The highest BCUT2D eigenvalue weighted by atomic mass is 19.1. The summed E-state index contributed by atoms with van der Waals surface area (Å²) in [4.78, 5) is 11.0. The highest BCUT2D eigenvalue weighted by molar-refractivity contribution is 5.69. The van der Waals surface area contributed by atoms with E-state index in [2.05, 4.69) is 4.74 Å². The van der Waals surface area contributed by atoms with Gasteiger partial charge in [-0.3, -0.25) is 4.79 Å². The van der Waals surface area contributed by atoms with Crippen molar-refractivity contribution < 1.29 is 13.9 Å². The van der Waals surface area contributed by atoms with Gasteiger partial charge in [-0.05, 0) is 37.0 Å². The van der Waals surface area contributed by atoms with Crippen LogP contribution in [0.3, 0.4) is 0 Å². The molecule has 1 unspecified atom stereocenters. The number of hydrogen-bond acceptors (Lipinski definition) is 3. The van der Waals surface area contributed by atoms with Crippen LogP contribution in [0.25, 0.3) is 0 Å². The summed E-state index contributed by atoms with van der Waals surface area (Å²) in [6.07, 6.45) is 0.768. The molecule has 0 fully saturated rings. The quantitative estimate of drug-likeness (QED) is 0.821. The monoisotopic (exact) mass is 239 g/mol. The fourth-order valence-electron chi connectivity index (χ4n) is 1.74. The smallest absolute Gasteiger partial charge is 0.305 e. The summed E-state index contributed by atoms with van der Waals surface area (Å²) in [5, 5.41) is 0. The Morgan fingerprint density at radius 3 is 2.41 bits per heavy atom. The number of nitrogens with two attached hydrogens (primary N) is 1. The predicted octanol–water partition coefficient (Wildman–Crippen LogP) is 2.40. The van der Waals surface area contributed by atoms with Crippen LogP contribution in [0.5, 0.6) is 0 Å². The molecule has 17 heavy (non-hydrogen) atoms. The Balaban J connectivity index is 2.76. The van der Waals surface area contributed by atoms with Crippen molar-refractivity contribution in [1.29, 1.82) is 0 Å². The highest BCUT2D eigenvalue weighted by Crippen LogP contribution is 2.21. The summed E-state index contributed by atoms with van der Waals surface area (Å²) < 4.78 is 18.0. The Labute approximate surface area is 101 Å². The van der Waals surface area contributed by atoms with Crippen molar-refractivity contribution in [2.45, 2.75) is 32.7 Å². The predicted molar refractivity (Wildman–Crippen MR) is 64.1 cm³/mol. The second-order valence-electron chi connectivity index (χ2n) is 4.19. The summed E-state index contributed by atoms with van der Waals surface area (Å²) in [6.45, 7) is 3.41. The minimum Gasteiger partial charge on any atom is -0.469 e. The van der Waals surface area contributed by atoms with Gasteiger partial charge < -0.3 is 10.5 Å². The Bertz CT molecular complexity index is 395. The van der Waals surface area contributed by atoms with Crippen LogP contribution < -0.4 is 5.73 Å². The summed E-state index contributed by atoms with van der Waals surface area (Å²) in [5.41, 5.74) is 7.96. The van der Waals surface area contributed by atoms with Crippen LogP contribution in [-0.2, 0) is 9.53 Å². The van der Waals surface area contributed by atoms with Gasteiger partial charge in [0, 0.05) is 12.5 Å². The number of carbonyl (C=O) groups excluding carboxylic acids is 1. The van der Waals surface area contributed by atoms with E-state index in [1.165, 1.54) is 7.11 Å². The molecule has 0 saturated heterocycles. The maximum atomic E-state index is 13.4. The number of halogens is 1. The van der Waals surface area contributed by atoms with Gasteiger partial charge in [0.25, 0.3) is 0 Å². The second kappa shape index (κ2) is 5.77. The van der Waals surface area contributed by atoms with E-state index in [-0.39, 0.29) is 24.2 Å². The molecule has 2 N–H and O–H groups in total. The molecule has 0 bridgehead atoms. The Kier molecular flexibility index (Phi) is 4.63. The SMILES string of the molecule is COC(=O)CCC(N)c1cc(C)c(F)c(C)c1. The third kappa shape index (κ3) is 3.53. The van der Waals surface area contributed by atoms with E-state index in [1.807, 2.05) is 0 Å². The lowest BCUT2D eigenvalue weighted by Gasteiger charge is -2.13. The number of methoxy groups -OCH3 is 1. The van der Waals surface area contributed by atoms with Crippen LogP contribution in [0.2, 0.25) is 0 Å². The molecule has 0 aliphatic heterocycles. The molecule has 1 aromatic carbocycles. The van der Waals surface area contributed by atoms with Crippen molar-refractivity contribution in [1.82, 2.24) is 0 Å². The molecule has 1 atom stereocenters. The zero-order valence-electron chi connectivity index (χ0n) is 10.4. The lowest BCUT2D eigenvalue weighted by molar-refractivity contribution is -0.140. The first kappa shape index (κ1) is 13.6. The number of rotatable bonds is 4. The molecule has 0 aliphatic carbocycles. The first-order chi connectivity index (χ1) is 7.95. The lowest BCUT2D eigenvalue weighted by atomic mass is 9.98. The molecule has 0 aromatic heterocycles. The molecule has 0 saturated carbocycles. The second-order valence-corrected chi connectivity index (χ2v) is 4.19. The third-order valence-electron chi connectivity index (χ3n) is 2.77. The maximum Gasteiger partial charge on any atom is 0.305 e. The molecule has 3 nitrogen and oxygen atoms in total. The number of carbonyl (C=O) groups is 1. The van der Waals surface area contributed by atoms with Gasteiger partial charge in [0.05, 0.1) is 7.11 Å². The molecule has 94 valence electrons. The molecule has 0 spiro atoms. The van der Waals surface area contributed by atoms with Crippen LogP contribution in [0, 0.1) is 19.7 Å². The molecule has 0 radical (unpaired) electrons. The average Bonchev–Trinajstić information content (AvgIpc) is 2.31. The minimum atomic E-state index is -0.281. The maximum absolute atomic E-state index is 13.4.